The van der Waals surface area contributed by atoms with E-state index in [1.54, 1.807) is 6.92 Å². The quantitative estimate of drug-likeness (QED) is 0.516. The fraction of sp³-hybridized carbons (Fsp3) is 0.615. The molecule has 5 rings (SSSR count). The van der Waals surface area contributed by atoms with E-state index in [1.165, 1.54) is 12.1 Å². The van der Waals surface area contributed by atoms with Crippen LogP contribution in [0.1, 0.15) is 38.2 Å². The second-order valence-electron chi connectivity index (χ2n) is 10.2. The van der Waals surface area contributed by atoms with Crippen molar-refractivity contribution in [3.05, 3.63) is 35.6 Å². The van der Waals surface area contributed by atoms with E-state index in [2.05, 4.69) is 20.4 Å². The highest BCUT2D eigenvalue weighted by Gasteiger charge is 2.43. The average molecular weight is 509 g/mol. The number of anilines is 1. The van der Waals surface area contributed by atoms with Crippen LogP contribution in [0.5, 0.6) is 5.75 Å². The first-order valence-electron chi connectivity index (χ1n) is 12.7. The maximum atomic E-state index is 14.0. The summed E-state index contributed by atoms with van der Waals surface area (Å²) in [5, 5.41) is 11.0. The molecule has 0 bridgehead atoms. The lowest BCUT2D eigenvalue weighted by molar-refractivity contribution is -0.137. The van der Waals surface area contributed by atoms with Crippen LogP contribution in [0.2, 0.25) is 0 Å². The Bertz CT molecular complexity index is 1050. The van der Waals surface area contributed by atoms with Crippen LogP contribution in [0, 0.1) is 23.6 Å². The summed E-state index contributed by atoms with van der Waals surface area (Å²) in [6.45, 7) is 6.79. The Kier molecular flexibility index (Phi) is 7.35. The Morgan fingerprint density at radius 2 is 1.81 bits per heavy atom. The van der Waals surface area contributed by atoms with Crippen molar-refractivity contribution in [2.45, 2.75) is 44.8 Å². The summed E-state index contributed by atoms with van der Waals surface area (Å²) < 4.78 is 66.9. The summed E-state index contributed by atoms with van der Waals surface area (Å²) >= 11 is 0. The number of nitrogens with one attached hydrogen (secondary N) is 1. The van der Waals surface area contributed by atoms with Gasteiger partial charge in [0.25, 0.3) is 0 Å². The minimum atomic E-state index is -4.64. The lowest BCUT2D eigenvalue weighted by Crippen LogP contribution is -2.32. The van der Waals surface area contributed by atoms with E-state index in [1.807, 2.05) is 0 Å². The van der Waals surface area contributed by atoms with E-state index < -0.39 is 17.6 Å². The Labute approximate surface area is 208 Å². The van der Waals surface area contributed by atoms with Gasteiger partial charge in [-0.25, -0.2) is 4.39 Å². The summed E-state index contributed by atoms with van der Waals surface area (Å²) in [6, 6.07) is 4.55. The molecule has 36 heavy (non-hydrogen) atoms. The highest BCUT2D eigenvalue weighted by molar-refractivity contribution is 5.69. The van der Waals surface area contributed by atoms with Crippen molar-refractivity contribution in [3.8, 4) is 17.0 Å². The molecule has 10 heteroatoms. The Morgan fingerprint density at radius 3 is 2.47 bits per heavy atom. The second-order valence-corrected chi connectivity index (χ2v) is 10.2. The third kappa shape index (κ3) is 5.59. The Hall–Kier alpha value is -2.46. The maximum absolute atomic E-state index is 14.0. The molecule has 1 aromatic carbocycles. The molecule has 0 spiro atoms. The van der Waals surface area contributed by atoms with Crippen molar-refractivity contribution in [2.24, 2.45) is 17.8 Å². The second kappa shape index (κ2) is 10.5. The summed E-state index contributed by atoms with van der Waals surface area (Å²) in [7, 11) is 0. The first-order valence-corrected chi connectivity index (χ1v) is 12.7. The molecule has 1 aromatic heterocycles. The van der Waals surface area contributed by atoms with E-state index in [-0.39, 0.29) is 35.5 Å². The summed E-state index contributed by atoms with van der Waals surface area (Å²) in [6.07, 6.45) is -0.803. The van der Waals surface area contributed by atoms with Crippen molar-refractivity contribution in [3.63, 3.8) is 0 Å². The van der Waals surface area contributed by atoms with Crippen LogP contribution in [-0.4, -0.2) is 60.6 Å². The molecule has 3 fully saturated rings. The molecule has 0 radical (unpaired) electrons. The van der Waals surface area contributed by atoms with E-state index in [0.29, 0.717) is 17.8 Å². The van der Waals surface area contributed by atoms with Crippen LogP contribution in [0.15, 0.2) is 24.3 Å². The predicted molar refractivity (Wildman–Crippen MR) is 127 cm³/mol. The monoisotopic (exact) mass is 508 g/mol. The minimum Gasteiger partial charge on any atom is -0.493 e. The number of fused-ring (bicyclic) bond motifs is 1. The van der Waals surface area contributed by atoms with E-state index in [0.717, 1.165) is 70.7 Å². The number of ether oxygens (including phenoxy) is 2. The first-order chi connectivity index (χ1) is 17.3. The number of alkyl halides is 3. The molecule has 0 amide bonds. The molecular formula is C26H32F4N4O2. The zero-order valence-corrected chi connectivity index (χ0v) is 20.4. The highest BCUT2D eigenvalue weighted by atomic mass is 19.4. The van der Waals surface area contributed by atoms with Crippen molar-refractivity contribution < 1.29 is 27.0 Å². The molecule has 3 heterocycles. The topological polar surface area (TPSA) is 59.5 Å². The van der Waals surface area contributed by atoms with Crippen LogP contribution in [0.4, 0.5) is 23.4 Å². The zero-order chi connectivity index (χ0) is 25.3. The molecule has 1 aliphatic carbocycles. The molecular weight excluding hydrogens is 476 g/mol. The molecule has 2 aliphatic heterocycles. The van der Waals surface area contributed by atoms with Gasteiger partial charge < -0.3 is 19.7 Å². The Balaban J connectivity index is 1.28. The van der Waals surface area contributed by atoms with Gasteiger partial charge in [-0.1, -0.05) is 0 Å². The number of rotatable bonds is 7. The standard InChI is InChI=1S/C26H32F4N4O2/c1-2-36-24-4-3-19(27)11-21(24)23-12-22(26(28,29)30)25(33-32-23)31-20-9-17-14-34(15-18(17)10-20)13-16-5-7-35-8-6-16/h3-4,11-12,16-18,20H,2,5-10,13-15H2,1H3,(H,31,33)/t17-,18+,20-. The summed E-state index contributed by atoms with van der Waals surface area (Å²) in [5.74, 6) is 1.03. The lowest BCUT2D eigenvalue weighted by atomic mass is 10.00. The third-order valence-corrected chi connectivity index (χ3v) is 7.64. The summed E-state index contributed by atoms with van der Waals surface area (Å²) in [5.41, 5.74) is -0.846. The van der Waals surface area contributed by atoms with Gasteiger partial charge in [0.05, 0.1) is 12.3 Å². The number of likely N-dealkylation sites (tertiary alicyclic amines) is 1. The van der Waals surface area contributed by atoms with Crippen LogP contribution >= 0.6 is 0 Å². The van der Waals surface area contributed by atoms with Gasteiger partial charge in [0.1, 0.15) is 17.1 Å². The number of nitrogens with zero attached hydrogens (tertiary/aromatic N) is 3. The molecule has 1 N–H and O–H groups in total. The smallest absolute Gasteiger partial charge is 0.420 e. The average Bonchev–Trinajstić information content (AvgIpc) is 3.38. The van der Waals surface area contributed by atoms with Crippen LogP contribution in [0.25, 0.3) is 11.3 Å². The van der Waals surface area contributed by atoms with Gasteiger partial charge in [-0.05, 0) is 74.6 Å². The minimum absolute atomic E-state index is 0.0807. The fourth-order valence-corrected chi connectivity index (χ4v) is 5.98. The SMILES string of the molecule is CCOc1ccc(F)cc1-c1cc(C(F)(F)F)c(N[C@@H]2C[C@@H]3CN(CC4CCOCC4)C[C@@H]3C2)nn1. The van der Waals surface area contributed by atoms with Gasteiger partial charge in [0, 0.05) is 44.5 Å². The van der Waals surface area contributed by atoms with Gasteiger partial charge in [0.15, 0.2) is 5.82 Å². The van der Waals surface area contributed by atoms with Gasteiger partial charge >= 0.3 is 6.18 Å². The molecule has 196 valence electrons. The molecule has 2 aromatic rings. The lowest BCUT2D eigenvalue weighted by Gasteiger charge is -2.28. The number of hydrogen-bond acceptors (Lipinski definition) is 6. The molecule has 0 unspecified atom stereocenters. The van der Waals surface area contributed by atoms with E-state index in [9.17, 15) is 17.6 Å². The Morgan fingerprint density at radius 1 is 1.08 bits per heavy atom. The van der Waals surface area contributed by atoms with Crippen molar-refractivity contribution in [1.82, 2.24) is 15.1 Å². The normalized spacial score (nSPS) is 25.2. The van der Waals surface area contributed by atoms with E-state index in [4.69, 9.17) is 9.47 Å². The van der Waals surface area contributed by atoms with Crippen LogP contribution in [0.3, 0.4) is 0 Å². The predicted octanol–water partition coefficient (Wildman–Crippen LogP) is 5.25. The van der Waals surface area contributed by atoms with Crippen molar-refractivity contribution in [1.29, 1.82) is 0 Å². The number of aromatic nitrogens is 2. The molecule has 3 atom stereocenters. The van der Waals surface area contributed by atoms with Crippen LogP contribution in [-0.2, 0) is 10.9 Å². The van der Waals surface area contributed by atoms with Gasteiger partial charge in [-0.2, -0.15) is 13.2 Å². The molecule has 1 saturated carbocycles. The first kappa shape index (κ1) is 25.2. The molecule has 2 saturated heterocycles. The fourth-order valence-electron chi connectivity index (χ4n) is 5.98. The third-order valence-electron chi connectivity index (χ3n) is 7.64. The van der Waals surface area contributed by atoms with Gasteiger partial charge in [-0.15, -0.1) is 10.2 Å². The number of benzene rings is 1. The van der Waals surface area contributed by atoms with E-state index >= 15 is 0 Å². The van der Waals surface area contributed by atoms with Gasteiger partial charge in [0.2, 0.25) is 0 Å². The zero-order valence-electron chi connectivity index (χ0n) is 20.4. The molecule has 3 aliphatic rings. The summed E-state index contributed by atoms with van der Waals surface area (Å²) in [4.78, 5) is 2.52. The maximum Gasteiger partial charge on any atom is 0.420 e. The number of halogens is 4. The van der Waals surface area contributed by atoms with Crippen LogP contribution < -0.4 is 10.1 Å². The highest BCUT2D eigenvalue weighted by Crippen LogP contribution is 2.42. The molecule has 6 nitrogen and oxygen atoms in total. The van der Waals surface area contributed by atoms with Crippen molar-refractivity contribution >= 4 is 5.82 Å². The van der Waals surface area contributed by atoms with Crippen molar-refractivity contribution in [2.75, 3.05) is 44.8 Å². The largest absolute Gasteiger partial charge is 0.493 e. The number of hydrogen-bond donors (Lipinski definition) is 1. The van der Waals surface area contributed by atoms with Gasteiger partial charge in [-0.3, -0.25) is 0 Å².